The molecule has 0 spiro atoms. The molecule has 0 atom stereocenters. The van der Waals surface area contributed by atoms with Crippen LogP contribution in [0.5, 0.6) is 0 Å². The number of aliphatic carboxylic acids is 1. The van der Waals surface area contributed by atoms with Gasteiger partial charge in [-0.25, -0.2) is 0 Å². The average molecular weight is 156 g/mol. The van der Waals surface area contributed by atoms with E-state index in [1.807, 2.05) is 0 Å². The Morgan fingerprint density at radius 3 is 2.22 bits per heavy atom. The number of carboxylic acid groups (broad SMARTS) is 1. The zero-order valence-electron chi connectivity index (χ0n) is 4.44. The Hall–Kier alpha value is -0.840. The zero-order chi connectivity index (χ0) is 6.57. The molecule has 0 fully saturated rings. The molecule has 0 rings (SSSR count). The van der Waals surface area contributed by atoms with Crippen molar-refractivity contribution in [1.29, 1.82) is 0 Å². The molecule has 0 heterocycles. The van der Waals surface area contributed by atoms with E-state index < -0.39 is 23.9 Å². The molecule has 0 unspecified atom stereocenters. The van der Waals surface area contributed by atoms with E-state index in [4.69, 9.17) is 5.11 Å². The van der Waals surface area contributed by atoms with Gasteiger partial charge in [-0.05, 0) is 0 Å². The first-order chi connectivity index (χ1) is 3.63. The molecule has 9 heavy (non-hydrogen) atoms. The van der Waals surface area contributed by atoms with Crippen LogP contribution in [-0.4, -0.2) is 22.5 Å². The minimum absolute atomic E-state index is 0. The molecule has 6 heteroatoms. The second-order valence-electron chi connectivity index (χ2n) is 1.20. The van der Waals surface area contributed by atoms with Crippen LogP contribution in [0.4, 0.5) is 0 Å². The normalized spacial score (nSPS) is 7.56. The summed E-state index contributed by atoms with van der Waals surface area (Å²) in [6.07, 6.45) is -0.396. The van der Waals surface area contributed by atoms with E-state index in [2.05, 4.69) is 0 Å². The second kappa shape index (κ2) is 5.30. The highest BCUT2D eigenvalue weighted by atomic mass is 35.5. The standard InChI is InChI=1S/C3H5NO4.ClH/c5-3(6)1-2-4(7)8;/h1-2H2,(H,5,6);1H. The van der Waals surface area contributed by atoms with Gasteiger partial charge in [-0.3, -0.25) is 14.9 Å². The molecule has 0 bridgehead atoms. The Kier molecular flexibility index (Phi) is 6.49. The predicted octanol–water partition coefficient (Wildman–Crippen LogP) is 0.160. The van der Waals surface area contributed by atoms with Crippen LogP contribution in [0.15, 0.2) is 0 Å². The van der Waals surface area contributed by atoms with Crippen molar-refractivity contribution in [3.05, 3.63) is 10.1 Å². The van der Waals surface area contributed by atoms with Gasteiger partial charge in [-0.1, -0.05) is 0 Å². The van der Waals surface area contributed by atoms with Gasteiger partial charge in [0.2, 0.25) is 6.54 Å². The minimum atomic E-state index is -1.14. The Morgan fingerprint density at radius 2 is 2.11 bits per heavy atom. The summed E-state index contributed by atoms with van der Waals surface area (Å²) in [5, 5.41) is 17.3. The van der Waals surface area contributed by atoms with E-state index in [1.54, 1.807) is 0 Å². The molecule has 0 aromatic carbocycles. The van der Waals surface area contributed by atoms with E-state index in [1.165, 1.54) is 0 Å². The van der Waals surface area contributed by atoms with Gasteiger partial charge >= 0.3 is 5.97 Å². The number of hydrogen-bond acceptors (Lipinski definition) is 3. The molecule has 0 saturated heterocycles. The number of nitrogens with zero attached hydrogens (tertiary/aromatic N) is 1. The van der Waals surface area contributed by atoms with Crippen molar-refractivity contribution in [3.63, 3.8) is 0 Å². The van der Waals surface area contributed by atoms with Crippen LogP contribution in [-0.2, 0) is 4.79 Å². The lowest BCUT2D eigenvalue weighted by Crippen LogP contribution is -2.06. The lowest BCUT2D eigenvalue weighted by Gasteiger charge is -1.84. The number of halogens is 1. The fourth-order valence-corrected chi connectivity index (χ4v) is 0.187. The maximum atomic E-state index is 9.60. The van der Waals surface area contributed by atoms with E-state index in [0.717, 1.165) is 0 Å². The zero-order valence-corrected chi connectivity index (χ0v) is 5.26. The Balaban J connectivity index is 0. The molecular weight excluding hydrogens is 149 g/mol. The molecular formula is C3H6ClNO4. The van der Waals surface area contributed by atoms with Crippen LogP contribution in [0.1, 0.15) is 6.42 Å². The van der Waals surface area contributed by atoms with Crippen LogP contribution in [0.25, 0.3) is 0 Å². The third kappa shape index (κ3) is 11.0. The van der Waals surface area contributed by atoms with Gasteiger partial charge in [-0.15, -0.1) is 12.4 Å². The minimum Gasteiger partial charge on any atom is -0.481 e. The molecule has 5 nitrogen and oxygen atoms in total. The highest BCUT2D eigenvalue weighted by molar-refractivity contribution is 5.85. The molecule has 0 saturated carbocycles. The SMILES string of the molecule is Cl.O=C(O)CC[N+](=O)[O-]. The first kappa shape index (κ1) is 11.0. The molecule has 0 aliphatic rings. The van der Waals surface area contributed by atoms with E-state index in [9.17, 15) is 14.9 Å². The van der Waals surface area contributed by atoms with Gasteiger partial charge in [0.1, 0.15) is 6.42 Å². The fourth-order valence-electron chi connectivity index (χ4n) is 0.187. The number of hydrogen-bond donors (Lipinski definition) is 1. The van der Waals surface area contributed by atoms with Crippen molar-refractivity contribution < 1.29 is 14.8 Å². The molecule has 0 radical (unpaired) electrons. The summed E-state index contributed by atoms with van der Waals surface area (Å²) in [4.78, 5) is 18.4. The van der Waals surface area contributed by atoms with Crippen LogP contribution in [0.2, 0.25) is 0 Å². The average Bonchev–Trinajstić information content (AvgIpc) is 1.61. The first-order valence-electron chi connectivity index (χ1n) is 1.96. The highest BCUT2D eigenvalue weighted by Gasteiger charge is 2.01. The van der Waals surface area contributed by atoms with Crippen LogP contribution >= 0.6 is 12.4 Å². The van der Waals surface area contributed by atoms with Gasteiger partial charge < -0.3 is 5.11 Å². The predicted molar refractivity (Wildman–Crippen MR) is 31.4 cm³/mol. The Bertz CT molecular complexity index is 100. The summed E-state index contributed by atoms with van der Waals surface area (Å²) >= 11 is 0. The molecule has 1 N–H and O–H groups in total. The third-order valence-electron chi connectivity index (χ3n) is 0.508. The van der Waals surface area contributed by atoms with Crippen molar-refractivity contribution in [2.75, 3.05) is 6.54 Å². The number of nitro groups is 1. The number of carboxylic acids is 1. The van der Waals surface area contributed by atoms with E-state index in [-0.39, 0.29) is 12.4 Å². The second-order valence-corrected chi connectivity index (χ2v) is 1.20. The molecule has 0 aliphatic heterocycles. The summed E-state index contributed by atoms with van der Waals surface area (Å²) in [7, 11) is 0. The Labute approximate surface area is 57.2 Å². The number of rotatable bonds is 3. The number of carbonyl (C=O) groups is 1. The van der Waals surface area contributed by atoms with Gasteiger partial charge in [0, 0.05) is 4.92 Å². The van der Waals surface area contributed by atoms with Crippen LogP contribution < -0.4 is 0 Å². The summed E-state index contributed by atoms with van der Waals surface area (Å²) in [5.41, 5.74) is 0. The highest BCUT2D eigenvalue weighted by Crippen LogP contribution is 1.77. The largest absolute Gasteiger partial charge is 0.481 e. The maximum absolute atomic E-state index is 9.60. The maximum Gasteiger partial charge on any atom is 0.310 e. The monoisotopic (exact) mass is 155 g/mol. The third-order valence-corrected chi connectivity index (χ3v) is 0.508. The molecule has 54 valence electrons. The van der Waals surface area contributed by atoms with Gasteiger partial charge in [0.05, 0.1) is 0 Å². The quantitative estimate of drug-likeness (QED) is 0.465. The van der Waals surface area contributed by atoms with Gasteiger partial charge in [0.15, 0.2) is 0 Å². The Morgan fingerprint density at radius 1 is 1.67 bits per heavy atom. The first-order valence-corrected chi connectivity index (χ1v) is 1.96. The van der Waals surface area contributed by atoms with E-state index >= 15 is 0 Å². The fraction of sp³-hybridized carbons (Fsp3) is 0.667. The van der Waals surface area contributed by atoms with Gasteiger partial charge in [0.25, 0.3) is 0 Å². The van der Waals surface area contributed by atoms with Crippen molar-refractivity contribution in [3.8, 4) is 0 Å². The van der Waals surface area contributed by atoms with Crippen LogP contribution in [0, 0.1) is 10.1 Å². The lowest BCUT2D eigenvalue weighted by molar-refractivity contribution is -0.478. The smallest absolute Gasteiger partial charge is 0.310 e. The van der Waals surface area contributed by atoms with Crippen LogP contribution in [0.3, 0.4) is 0 Å². The molecule has 0 aromatic rings. The van der Waals surface area contributed by atoms with Crippen molar-refractivity contribution in [1.82, 2.24) is 0 Å². The summed E-state index contributed by atoms with van der Waals surface area (Å²) in [5.74, 6) is -1.14. The van der Waals surface area contributed by atoms with Crippen molar-refractivity contribution in [2.45, 2.75) is 6.42 Å². The van der Waals surface area contributed by atoms with Crippen molar-refractivity contribution in [2.24, 2.45) is 0 Å². The topological polar surface area (TPSA) is 80.4 Å². The summed E-state index contributed by atoms with van der Waals surface area (Å²) in [6.45, 7) is -0.491. The molecule has 0 amide bonds. The molecule has 0 aliphatic carbocycles. The molecule has 0 aromatic heterocycles. The summed E-state index contributed by atoms with van der Waals surface area (Å²) < 4.78 is 0. The van der Waals surface area contributed by atoms with Gasteiger partial charge in [-0.2, -0.15) is 0 Å². The van der Waals surface area contributed by atoms with E-state index in [0.29, 0.717) is 0 Å². The lowest BCUT2D eigenvalue weighted by atomic mass is 10.4. The van der Waals surface area contributed by atoms with Crippen molar-refractivity contribution >= 4 is 18.4 Å². The summed E-state index contributed by atoms with van der Waals surface area (Å²) in [6, 6.07) is 0.